The van der Waals surface area contributed by atoms with Crippen LogP contribution in [0.4, 0.5) is 0 Å². The zero-order valence-corrected chi connectivity index (χ0v) is 20.9. The van der Waals surface area contributed by atoms with E-state index in [9.17, 15) is 14.7 Å². The van der Waals surface area contributed by atoms with Crippen LogP contribution in [0.25, 0.3) is 0 Å². The Labute approximate surface area is 207 Å². The minimum Gasteiger partial charge on any atom is -0.497 e. The van der Waals surface area contributed by atoms with E-state index in [2.05, 4.69) is 15.3 Å². The van der Waals surface area contributed by atoms with E-state index in [-0.39, 0.29) is 23.9 Å². The second kappa shape index (κ2) is 11.2. The third-order valence-electron chi connectivity index (χ3n) is 7.15. The fourth-order valence-corrected chi connectivity index (χ4v) is 5.30. The van der Waals surface area contributed by atoms with Crippen LogP contribution >= 0.6 is 0 Å². The van der Waals surface area contributed by atoms with Crippen LogP contribution in [-0.2, 0) is 22.7 Å². The number of aryl methyl sites for hydroxylation is 3. The van der Waals surface area contributed by atoms with Crippen molar-refractivity contribution in [3.05, 3.63) is 47.3 Å². The molecule has 9 nitrogen and oxygen atoms in total. The number of aromatic nitrogens is 2. The molecule has 2 saturated heterocycles. The largest absolute Gasteiger partial charge is 0.497 e. The van der Waals surface area contributed by atoms with Crippen molar-refractivity contribution < 1.29 is 19.4 Å². The van der Waals surface area contributed by atoms with Gasteiger partial charge < -0.3 is 20.1 Å². The Balaban J connectivity index is 1.27. The molecule has 0 unspecified atom stereocenters. The Morgan fingerprint density at radius 2 is 1.97 bits per heavy atom. The summed E-state index contributed by atoms with van der Waals surface area (Å²) >= 11 is 0. The lowest BCUT2D eigenvalue weighted by atomic mass is 10.0. The SMILES string of the molecule is COc1cccc(CNC(=O)[C@@H]2C[C@@H](O)CN2C2CCN(C(=O)CCn3nc(C)cc3C)CC2)c1. The molecule has 2 aliphatic heterocycles. The summed E-state index contributed by atoms with van der Waals surface area (Å²) < 4.78 is 7.14. The van der Waals surface area contributed by atoms with E-state index in [1.165, 1.54) is 0 Å². The van der Waals surface area contributed by atoms with Gasteiger partial charge in [-0.15, -0.1) is 0 Å². The molecule has 2 fully saturated rings. The molecule has 2 amide bonds. The van der Waals surface area contributed by atoms with Gasteiger partial charge in [0.2, 0.25) is 11.8 Å². The van der Waals surface area contributed by atoms with Crippen LogP contribution < -0.4 is 10.1 Å². The van der Waals surface area contributed by atoms with Gasteiger partial charge in [0.15, 0.2) is 0 Å². The van der Waals surface area contributed by atoms with Crippen LogP contribution in [0.15, 0.2) is 30.3 Å². The third kappa shape index (κ3) is 6.21. The van der Waals surface area contributed by atoms with Gasteiger partial charge in [-0.3, -0.25) is 19.2 Å². The molecule has 35 heavy (non-hydrogen) atoms. The molecule has 4 rings (SSSR count). The number of likely N-dealkylation sites (tertiary alicyclic amines) is 2. The lowest BCUT2D eigenvalue weighted by Crippen LogP contribution is -2.52. The van der Waals surface area contributed by atoms with E-state index in [1.807, 2.05) is 53.8 Å². The number of piperidine rings is 1. The van der Waals surface area contributed by atoms with E-state index in [0.717, 1.165) is 35.5 Å². The number of aliphatic hydroxyl groups excluding tert-OH is 1. The first kappa shape index (κ1) is 25.2. The molecule has 2 N–H and O–H groups in total. The van der Waals surface area contributed by atoms with Gasteiger partial charge in [-0.05, 0) is 56.9 Å². The number of carbonyl (C=O) groups is 2. The molecule has 2 aromatic rings. The Bertz CT molecular complexity index is 1030. The molecule has 1 aromatic heterocycles. The van der Waals surface area contributed by atoms with Crippen molar-refractivity contribution in [2.24, 2.45) is 0 Å². The summed E-state index contributed by atoms with van der Waals surface area (Å²) in [6, 6.07) is 9.47. The Morgan fingerprint density at radius 1 is 1.20 bits per heavy atom. The molecule has 190 valence electrons. The first-order valence-corrected chi connectivity index (χ1v) is 12.5. The number of carbonyl (C=O) groups excluding carboxylic acids is 2. The predicted molar refractivity (Wildman–Crippen MR) is 132 cm³/mol. The fourth-order valence-electron chi connectivity index (χ4n) is 5.30. The quantitative estimate of drug-likeness (QED) is 0.592. The number of nitrogens with one attached hydrogen (secondary N) is 1. The molecule has 0 spiro atoms. The number of hydrogen-bond donors (Lipinski definition) is 2. The Hall–Kier alpha value is -2.91. The van der Waals surface area contributed by atoms with Gasteiger partial charge in [0.25, 0.3) is 0 Å². The van der Waals surface area contributed by atoms with Gasteiger partial charge in [0.05, 0.1) is 24.9 Å². The summed E-state index contributed by atoms with van der Waals surface area (Å²) in [5.74, 6) is 0.837. The van der Waals surface area contributed by atoms with Crippen molar-refractivity contribution in [1.82, 2.24) is 24.9 Å². The average Bonchev–Trinajstić information content (AvgIpc) is 3.41. The maximum absolute atomic E-state index is 13.0. The monoisotopic (exact) mass is 483 g/mol. The van der Waals surface area contributed by atoms with Crippen LogP contribution in [0.5, 0.6) is 5.75 Å². The number of amides is 2. The molecule has 0 radical (unpaired) electrons. The molecule has 2 aliphatic rings. The molecule has 3 heterocycles. The van der Waals surface area contributed by atoms with Gasteiger partial charge in [0.1, 0.15) is 5.75 Å². The van der Waals surface area contributed by atoms with Crippen LogP contribution in [0.2, 0.25) is 0 Å². The summed E-state index contributed by atoms with van der Waals surface area (Å²) in [6.45, 7) is 6.80. The lowest BCUT2D eigenvalue weighted by Gasteiger charge is -2.39. The van der Waals surface area contributed by atoms with Crippen LogP contribution in [0, 0.1) is 13.8 Å². The summed E-state index contributed by atoms with van der Waals surface area (Å²) in [5.41, 5.74) is 3.00. The second-order valence-corrected chi connectivity index (χ2v) is 9.68. The number of hydrogen-bond acceptors (Lipinski definition) is 6. The highest BCUT2D eigenvalue weighted by Gasteiger charge is 2.40. The maximum atomic E-state index is 13.0. The molecule has 0 saturated carbocycles. The molecule has 0 bridgehead atoms. The highest BCUT2D eigenvalue weighted by molar-refractivity contribution is 5.82. The fraction of sp³-hybridized carbons (Fsp3) is 0.577. The van der Waals surface area contributed by atoms with Gasteiger partial charge in [0, 0.05) is 50.9 Å². The van der Waals surface area contributed by atoms with Crippen LogP contribution in [-0.4, -0.2) is 81.4 Å². The molecular weight excluding hydrogens is 446 g/mol. The number of rotatable bonds is 8. The maximum Gasteiger partial charge on any atom is 0.237 e. The van der Waals surface area contributed by atoms with Crippen molar-refractivity contribution in [3.8, 4) is 5.75 Å². The highest BCUT2D eigenvalue weighted by atomic mass is 16.5. The van der Waals surface area contributed by atoms with Crippen LogP contribution in [0.3, 0.4) is 0 Å². The summed E-state index contributed by atoms with van der Waals surface area (Å²) in [6.07, 6.45) is 1.97. The van der Waals surface area contributed by atoms with E-state index in [1.54, 1.807) is 7.11 Å². The van der Waals surface area contributed by atoms with Gasteiger partial charge in [-0.2, -0.15) is 5.10 Å². The topological polar surface area (TPSA) is 99.9 Å². The zero-order valence-electron chi connectivity index (χ0n) is 20.9. The minimum atomic E-state index is -0.511. The molecule has 9 heteroatoms. The van der Waals surface area contributed by atoms with Gasteiger partial charge >= 0.3 is 0 Å². The number of nitrogens with zero attached hydrogens (tertiary/aromatic N) is 4. The van der Waals surface area contributed by atoms with E-state index in [0.29, 0.717) is 45.6 Å². The standard InChI is InChI=1S/C26H37N5O4/c1-18-13-19(2)31(28-18)12-9-25(33)29-10-7-21(8-11-29)30-17-22(32)15-24(30)26(34)27-16-20-5-4-6-23(14-20)35-3/h4-6,13-14,21-22,24,32H,7-12,15-17H2,1-3H3,(H,27,34)/t22-,24+/m1/s1. The van der Waals surface area contributed by atoms with Crippen molar-refractivity contribution in [1.29, 1.82) is 0 Å². The normalized spacial score (nSPS) is 21.3. The number of methoxy groups -OCH3 is 1. The van der Waals surface area contributed by atoms with Crippen molar-refractivity contribution in [3.63, 3.8) is 0 Å². The molecule has 1 aromatic carbocycles. The number of benzene rings is 1. The van der Waals surface area contributed by atoms with Crippen molar-refractivity contribution in [2.45, 2.75) is 70.8 Å². The summed E-state index contributed by atoms with van der Waals surface area (Å²) in [7, 11) is 1.62. The van der Waals surface area contributed by atoms with E-state index in [4.69, 9.17) is 4.74 Å². The van der Waals surface area contributed by atoms with Crippen LogP contribution in [0.1, 0.15) is 42.6 Å². The number of β-amino-alcohol motifs (C(OH)–C–C–N with tert-alkyl or cyclic N) is 1. The third-order valence-corrected chi connectivity index (χ3v) is 7.15. The summed E-state index contributed by atoms with van der Waals surface area (Å²) in [5, 5.41) is 17.8. The van der Waals surface area contributed by atoms with Crippen molar-refractivity contribution >= 4 is 11.8 Å². The van der Waals surface area contributed by atoms with E-state index < -0.39 is 6.10 Å². The molecule has 2 atom stereocenters. The first-order valence-electron chi connectivity index (χ1n) is 12.5. The summed E-state index contributed by atoms with van der Waals surface area (Å²) in [4.78, 5) is 29.9. The van der Waals surface area contributed by atoms with Gasteiger partial charge in [-0.25, -0.2) is 0 Å². The molecule has 0 aliphatic carbocycles. The smallest absolute Gasteiger partial charge is 0.237 e. The Morgan fingerprint density at radius 3 is 2.66 bits per heavy atom. The highest BCUT2D eigenvalue weighted by Crippen LogP contribution is 2.27. The minimum absolute atomic E-state index is 0.0623. The van der Waals surface area contributed by atoms with Gasteiger partial charge in [-0.1, -0.05) is 12.1 Å². The van der Waals surface area contributed by atoms with Crippen molar-refractivity contribution in [2.75, 3.05) is 26.7 Å². The predicted octanol–water partition coefficient (Wildman–Crippen LogP) is 1.64. The second-order valence-electron chi connectivity index (χ2n) is 9.68. The lowest BCUT2D eigenvalue weighted by molar-refractivity contribution is -0.134. The number of aliphatic hydroxyl groups is 1. The average molecular weight is 484 g/mol. The first-order chi connectivity index (χ1) is 16.8. The number of ether oxygens (including phenoxy) is 1. The van der Waals surface area contributed by atoms with E-state index >= 15 is 0 Å². The molecular formula is C26H37N5O4. The zero-order chi connectivity index (χ0) is 24.9. The Kier molecular flexibility index (Phi) is 8.07.